The number of rotatable bonds is 9. The molecule has 3 rings (SSSR count). The van der Waals surface area contributed by atoms with Crippen LogP contribution in [-0.4, -0.2) is 55.5 Å². The summed E-state index contributed by atoms with van der Waals surface area (Å²) in [5.74, 6) is -0.135. The minimum Gasteiger partial charge on any atom is -0.494 e. The lowest BCUT2D eigenvalue weighted by Gasteiger charge is -2.22. The number of nitrogens with zero attached hydrogens (tertiary/aromatic N) is 1. The van der Waals surface area contributed by atoms with Crippen LogP contribution >= 0.6 is 0 Å². The second-order valence-electron chi connectivity index (χ2n) is 7.97. The van der Waals surface area contributed by atoms with Crippen molar-refractivity contribution in [1.82, 2.24) is 10.2 Å². The summed E-state index contributed by atoms with van der Waals surface area (Å²) < 4.78 is 10.5. The fourth-order valence-electron chi connectivity index (χ4n) is 3.94. The first-order chi connectivity index (χ1) is 15.5. The van der Waals surface area contributed by atoms with Gasteiger partial charge in [-0.1, -0.05) is 48.0 Å². The molecule has 2 amide bonds. The maximum absolute atomic E-state index is 12.8. The summed E-state index contributed by atoms with van der Waals surface area (Å²) in [5.41, 5.74) is 2.22. The summed E-state index contributed by atoms with van der Waals surface area (Å²) in [6.07, 6.45) is 1.30. The number of hydrogen-bond acceptors (Lipinski definition) is 5. The Kier molecular flexibility index (Phi) is 8.25. The monoisotopic (exact) mass is 438 g/mol. The van der Waals surface area contributed by atoms with Crippen molar-refractivity contribution in [3.05, 3.63) is 65.7 Å². The Morgan fingerprint density at radius 2 is 1.88 bits per heavy atom. The molecule has 0 spiro atoms. The van der Waals surface area contributed by atoms with Gasteiger partial charge >= 0.3 is 5.97 Å². The molecule has 0 radical (unpaired) electrons. The first-order valence-corrected chi connectivity index (χ1v) is 10.9. The van der Waals surface area contributed by atoms with Gasteiger partial charge in [0.05, 0.1) is 20.3 Å². The van der Waals surface area contributed by atoms with E-state index in [1.165, 1.54) is 12.0 Å². The van der Waals surface area contributed by atoms with Gasteiger partial charge < -0.3 is 19.7 Å². The summed E-state index contributed by atoms with van der Waals surface area (Å²) in [5, 5.41) is 2.66. The standard InChI is InChI=1S/C25H30N2O5/c1-18-8-6-9-19(14-18)20-15-22(25(30)31-2)27(17-20)24(29)16-26-23(28)12-7-13-32-21-10-4-3-5-11-21/h3-6,8-11,14,20,22H,7,12-13,15-17H2,1-2H3,(H,26,28)/t20-,22+/m1/s1. The smallest absolute Gasteiger partial charge is 0.328 e. The molecular weight excluding hydrogens is 408 g/mol. The highest BCUT2D eigenvalue weighted by molar-refractivity contribution is 5.89. The third-order valence-corrected chi connectivity index (χ3v) is 5.61. The minimum atomic E-state index is -0.644. The van der Waals surface area contributed by atoms with Crippen molar-refractivity contribution >= 4 is 17.8 Å². The average molecular weight is 439 g/mol. The van der Waals surface area contributed by atoms with Gasteiger partial charge in [0.1, 0.15) is 11.8 Å². The van der Waals surface area contributed by atoms with E-state index in [-0.39, 0.29) is 30.7 Å². The van der Waals surface area contributed by atoms with E-state index in [0.717, 1.165) is 16.9 Å². The number of aryl methyl sites for hydroxylation is 1. The molecular formula is C25H30N2O5. The fraction of sp³-hybridized carbons (Fsp3) is 0.400. The van der Waals surface area contributed by atoms with E-state index < -0.39 is 12.0 Å². The summed E-state index contributed by atoms with van der Waals surface area (Å²) in [7, 11) is 1.32. The van der Waals surface area contributed by atoms with Crippen LogP contribution in [0.15, 0.2) is 54.6 Å². The maximum Gasteiger partial charge on any atom is 0.328 e. The van der Waals surface area contributed by atoms with Gasteiger partial charge in [0.15, 0.2) is 0 Å². The van der Waals surface area contributed by atoms with E-state index in [9.17, 15) is 14.4 Å². The second kappa shape index (κ2) is 11.3. The van der Waals surface area contributed by atoms with Crippen LogP contribution < -0.4 is 10.1 Å². The van der Waals surface area contributed by atoms with Crippen LogP contribution in [0.25, 0.3) is 0 Å². The van der Waals surface area contributed by atoms with Crippen LogP contribution in [0, 0.1) is 6.92 Å². The molecule has 2 aromatic carbocycles. The van der Waals surface area contributed by atoms with Crippen molar-refractivity contribution < 1.29 is 23.9 Å². The quantitative estimate of drug-likeness (QED) is 0.481. The molecule has 170 valence electrons. The van der Waals surface area contributed by atoms with Gasteiger partial charge in [0, 0.05) is 18.9 Å². The summed E-state index contributed by atoms with van der Waals surface area (Å²) >= 11 is 0. The Bertz CT molecular complexity index is 931. The van der Waals surface area contributed by atoms with Crippen LogP contribution in [0.2, 0.25) is 0 Å². The van der Waals surface area contributed by atoms with E-state index in [1.807, 2.05) is 55.5 Å². The van der Waals surface area contributed by atoms with Crippen molar-refractivity contribution in [3.63, 3.8) is 0 Å². The van der Waals surface area contributed by atoms with Crippen molar-refractivity contribution in [3.8, 4) is 5.75 Å². The van der Waals surface area contributed by atoms with Crippen LogP contribution in [0.3, 0.4) is 0 Å². The van der Waals surface area contributed by atoms with Gasteiger partial charge in [0.25, 0.3) is 0 Å². The van der Waals surface area contributed by atoms with Crippen LogP contribution in [0.4, 0.5) is 0 Å². The first-order valence-electron chi connectivity index (χ1n) is 10.9. The van der Waals surface area contributed by atoms with E-state index in [0.29, 0.717) is 26.0 Å². The van der Waals surface area contributed by atoms with Crippen molar-refractivity contribution in [2.45, 2.75) is 38.1 Å². The zero-order valence-corrected chi connectivity index (χ0v) is 18.6. The topological polar surface area (TPSA) is 84.9 Å². The SMILES string of the molecule is COC(=O)[C@@H]1C[C@@H](c2cccc(C)c2)CN1C(=O)CNC(=O)CCCOc1ccccc1. The van der Waals surface area contributed by atoms with Crippen LogP contribution in [0.5, 0.6) is 5.75 Å². The number of nitrogens with one attached hydrogen (secondary N) is 1. The lowest BCUT2D eigenvalue weighted by molar-refractivity contribution is -0.150. The van der Waals surface area contributed by atoms with Crippen molar-refractivity contribution in [1.29, 1.82) is 0 Å². The number of para-hydroxylation sites is 1. The number of benzene rings is 2. The van der Waals surface area contributed by atoms with E-state index in [2.05, 4.69) is 11.4 Å². The van der Waals surface area contributed by atoms with Gasteiger partial charge in [0.2, 0.25) is 11.8 Å². The zero-order valence-electron chi connectivity index (χ0n) is 18.6. The number of esters is 1. The molecule has 7 heteroatoms. The lowest BCUT2D eigenvalue weighted by Crippen LogP contribution is -2.46. The molecule has 1 N–H and O–H groups in total. The predicted octanol–water partition coefficient (Wildman–Crippen LogP) is 2.83. The van der Waals surface area contributed by atoms with Gasteiger partial charge in [-0.25, -0.2) is 4.79 Å². The molecule has 1 heterocycles. The van der Waals surface area contributed by atoms with E-state index >= 15 is 0 Å². The molecule has 7 nitrogen and oxygen atoms in total. The second-order valence-corrected chi connectivity index (χ2v) is 7.97. The molecule has 0 saturated carbocycles. The van der Waals surface area contributed by atoms with Gasteiger partial charge in [-0.2, -0.15) is 0 Å². The zero-order chi connectivity index (χ0) is 22.9. The van der Waals surface area contributed by atoms with Gasteiger partial charge in [-0.15, -0.1) is 0 Å². The van der Waals surface area contributed by atoms with Crippen molar-refractivity contribution in [2.75, 3.05) is 26.8 Å². The summed E-state index contributed by atoms with van der Waals surface area (Å²) in [6.45, 7) is 2.70. The predicted molar refractivity (Wildman–Crippen MR) is 120 cm³/mol. The third kappa shape index (κ3) is 6.33. The number of carbonyl (C=O) groups excluding carboxylic acids is 3. The number of methoxy groups -OCH3 is 1. The molecule has 0 unspecified atom stereocenters. The summed E-state index contributed by atoms with van der Waals surface area (Å²) in [4.78, 5) is 38.8. The number of ether oxygens (including phenoxy) is 2. The molecule has 1 aliphatic heterocycles. The average Bonchev–Trinajstić information content (AvgIpc) is 3.26. The van der Waals surface area contributed by atoms with Crippen LogP contribution in [-0.2, 0) is 19.1 Å². The molecule has 2 aromatic rings. The Morgan fingerprint density at radius 3 is 2.59 bits per heavy atom. The fourth-order valence-corrected chi connectivity index (χ4v) is 3.94. The molecule has 1 aliphatic rings. The van der Waals surface area contributed by atoms with Gasteiger partial charge in [-0.05, 0) is 37.5 Å². The van der Waals surface area contributed by atoms with Crippen molar-refractivity contribution in [2.24, 2.45) is 0 Å². The van der Waals surface area contributed by atoms with E-state index in [1.54, 1.807) is 0 Å². The summed E-state index contributed by atoms with van der Waals surface area (Å²) in [6, 6.07) is 16.8. The minimum absolute atomic E-state index is 0.0498. The molecule has 1 fully saturated rings. The highest BCUT2D eigenvalue weighted by atomic mass is 16.5. The first kappa shape index (κ1) is 23.3. The lowest BCUT2D eigenvalue weighted by atomic mass is 9.95. The molecule has 1 saturated heterocycles. The largest absolute Gasteiger partial charge is 0.494 e. The molecule has 2 atom stereocenters. The Hall–Kier alpha value is -3.35. The normalized spacial score (nSPS) is 17.6. The number of carbonyl (C=O) groups is 3. The number of hydrogen-bond donors (Lipinski definition) is 1. The molecule has 0 aromatic heterocycles. The Balaban J connectivity index is 1.48. The highest BCUT2D eigenvalue weighted by Crippen LogP contribution is 2.32. The third-order valence-electron chi connectivity index (χ3n) is 5.61. The van der Waals surface area contributed by atoms with E-state index in [4.69, 9.17) is 9.47 Å². The highest BCUT2D eigenvalue weighted by Gasteiger charge is 2.40. The molecule has 0 aliphatic carbocycles. The van der Waals surface area contributed by atoms with Gasteiger partial charge in [-0.3, -0.25) is 9.59 Å². The van der Waals surface area contributed by atoms with Crippen LogP contribution in [0.1, 0.15) is 36.3 Å². The maximum atomic E-state index is 12.8. The number of amides is 2. The Labute approximate surface area is 188 Å². The molecule has 0 bridgehead atoms. The molecule has 32 heavy (non-hydrogen) atoms. The Morgan fingerprint density at radius 1 is 1.09 bits per heavy atom. The number of likely N-dealkylation sites (tertiary alicyclic amines) is 1.